The predicted octanol–water partition coefficient (Wildman–Crippen LogP) is 3.52. The second kappa shape index (κ2) is 3.62. The molecule has 0 spiro atoms. The fourth-order valence-corrected chi connectivity index (χ4v) is 3.00. The number of thiophene rings is 1. The molecule has 0 radical (unpaired) electrons. The number of aliphatic hydroxyl groups is 1. The Bertz CT molecular complexity index is 477. The molecule has 1 aromatic carbocycles. The van der Waals surface area contributed by atoms with Crippen molar-refractivity contribution in [3.8, 4) is 0 Å². The van der Waals surface area contributed by atoms with Crippen LogP contribution < -0.4 is 0 Å². The molecular weight excluding hydrogens is 204 g/mol. The number of hydrogen-bond donors (Lipinski definition) is 1. The first-order valence-corrected chi connectivity index (χ1v) is 5.97. The van der Waals surface area contributed by atoms with Gasteiger partial charge in [-0.05, 0) is 38.3 Å². The van der Waals surface area contributed by atoms with E-state index in [-0.39, 0.29) is 0 Å². The Morgan fingerprint density at radius 3 is 2.67 bits per heavy atom. The molecule has 0 aliphatic heterocycles. The van der Waals surface area contributed by atoms with Crippen molar-refractivity contribution >= 4 is 21.4 Å². The molecule has 1 heterocycles. The Morgan fingerprint density at radius 1 is 1.27 bits per heavy atom. The van der Waals surface area contributed by atoms with Gasteiger partial charge in [0.05, 0.1) is 5.60 Å². The smallest absolute Gasteiger partial charge is 0.0639 e. The first-order chi connectivity index (χ1) is 6.94. The van der Waals surface area contributed by atoms with Crippen LogP contribution in [0.15, 0.2) is 24.3 Å². The molecule has 0 fully saturated rings. The molecular formula is C13H16OS. The highest BCUT2D eigenvalue weighted by molar-refractivity contribution is 7.19. The highest BCUT2D eigenvalue weighted by atomic mass is 32.1. The molecule has 2 aromatic rings. The van der Waals surface area contributed by atoms with E-state index in [1.165, 1.54) is 20.5 Å². The lowest BCUT2D eigenvalue weighted by atomic mass is 10.0. The number of aryl methyl sites for hydroxylation is 1. The van der Waals surface area contributed by atoms with Gasteiger partial charge in [-0.1, -0.05) is 17.7 Å². The SMILES string of the molecule is Cc1ccc2sc(CC(C)(C)O)cc2c1. The fraction of sp³-hybridized carbons (Fsp3) is 0.385. The van der Waals surface area contributed by atoms with Crippen molar-refractivity contribution in [3.63, 3.8) is 0 Å². The van der Waals surface area contributed by atoms with Crippen LogP contribution in [0.1, 0.15) is 24.3 Å². The van der Waals surface area contributed by atoms with Gasteiger partial charge in [0.25, 0.3) is 0 Å². The van der Waals surface area contributed by atoms with Gasteiger partial charge in [0, 0.05) is 16.0 Å². The third kappa shape index (κ3) is 2.58. The minimum atomic E-state index is -0.615. The summed E-state index contributed by atoms with van der Waals surface area (Å²) in [6, 6.07) is 8.67. The summed E-state index contributed by atoms with van der Waals surface area (Å²) < 4.78 is 1.31. The molecule has 2 heteroatoms. The van der Waals surface area contributed by atoms with Crippen LogP contribution in [0.3, 0.4) is 0 Å². The molecule has 2 rings (SSSR count). The van der Waals surface area contributed by atoms with Crippen LogP contribution in [0.25, 0.3) is 10.1 Å². The molecule has 0 atom stereocenters. The molecule has 0 unspecified atom stereocenters. The van der Waals surface area contributed by atoms with Gasteiger partial charge in [-0.2, -0.15) is 0 Å². The number of fused-ring (bicyclic) bond motifs is 1. The van der Waals surface area contributed by atoms with Crippen molar-refractivity contribution < 1.29 is 5.11 Å². The molecule has 0 saturated carbocycles. The molecule has 1 nitrogen and oxygen atoms in total. The quantitative estimate of drug-likeness (QED) is 0.821. The van der Waals surface area contributed by atoms with E-state index in [0.29, 0.717) is 0 Å². The van der Waals surface area contributed by atoms with Crippen LogP contribution in [0.5, 0.6) is 0 Å². The first-order valence-electron chi connectivity index (χ1n) is 5.15. The molecule has 0 aliphatic carbocycles. The second-order valence-corrected chi connectivity index (χ2v) is 5.91. The molecule has 0 bridgehead atoms. The van der Waals surface area contributed by atoms with Crippen molar-refractivity contribution in [2.45, 2.75) is 32.8 Å². The molecule has 80 valence electrons. The Morgan fingerprint density at radius 2 is 2.00 bits per heavy atom. The summed E-state index contributed by atoms with van der Waals surface area (Å²) in [4.78, 5) is 1.25. The van der Waals surface area contributed by atoms with Gasteiger partial charge in [0.15, 0.2) is 0 Å². The zero-order valence-electron chi connectivity index (χ0n) is 9.37. The van der Waals surface area contributed by atoms with Crippen molar-refractivity contribution in [2.24, 2.45) is 0 Å². The average molecular weight is 220 g/mol. The van der Waals surface area contributed by atoms with Crippen LogP contribution >= 0.6 is 11.3 Å². The number of hydrogen-bond acceptors (Lipinski definition) is 2. The van der Waals surface area contributed by atoms with Gasteiger partial charge in [0.2, 0.25) is 0 Å². The maximum Gasteiger partial charge on any atom is 0.0639 e. The largest absolute Gasteiger partial charge is 0.390 e. The maximum atomic E-state index is 9.76. The van der Waals surface area contributed by atoms with E-state index in [9.17, 15) is 5.11 Å². The molecule has 0 aliphatic rings. The van der Waals surface area contributed by atoms with E-state index in [1.807, 2.05) is 13.8 Å². The highest BCUT2D eigenvalue weighted by Crippen LogP contribution is 2.28. The normalized spacial score (nSPS) is 12.3. The van der Waals surface area contributed by atoms with E-state index < -0.39 is 5.60 Å². The molecule has 1 N–H and O–H groups in total. The van der Waals surface area contributed by atoms with Gasteiger partial charge in [-0.15, -0.1) is 11.3 Å². The molecule has 15 heavy (non-hydrogen) atoms. The number of rotatable bonds is 2. The summed E-state index contributed by atoms with van der Waals surface area (Å²) in [6.07, 6.45) is 0.728. The molecule has 0 saturated heterocycles. The standard InChI is InChI=1S/C13H16OS/c1-9-4-5-12-10(6-9)7-11(15-12)8-13(2,3)14/h4-7,14H,8H2,1-3H3. The van der Waals surface area contributed by atoms with Crippen molar-refractivity contribution in [2.75, 3.05) is 0 Å². The monoisotopic (exact) mass is 220 g/mol. The minimum Gasteiger partial charge on any atom is -0.390 e. The lowest BCUT2D eigenvalue weighted by molar-refractivity contribution is 0.0819. The Labute approximate surface area is 94.4 Å². The predicted molar refractivity (Wildman–Crippen MR) is 66.6 cm³/mol. The van der Waals surface area contributed by atoms with E-state index in [0.717, 1.165) is 6.42 Å². The van der Waals surface area contributed by atoms with Crippen LogP contribution in [0, 0.1) is 6.92 Å². The summed E-state index contributed by atoms with van der Waals surface area (Å²) in [7, 11) is 0. The van der Waals surface area contributed by atoms with Crippen LogP contribution in [-0.2, 0) is 6.42 Å². The van der Waals surface area contributed by atoms with Crippen molar-refractivity contribution in [1.29, 1.82) is 0 Å². The van der Waals surface area contributed by atoms with E-state index >= 15 is 0 Å². The van der Waals surface area contributed by atoms with E-state index in [2.05, 4.69) is 31.2 Å². The van der Waals surface area contributed by atoms with Gasteiger partial charge < -0.3 is 5.11 Å². The Kier molecular flexibility index (Phi) is 2.57. The Hall–Kier alpha value is -0.860. The van der Waals surface area contributed by atoms with Crippen LogP contribution in [0.4, 0.5) is 0 Å². The summed E-state index contributed by atoms with van der Waals surface area (Å²) in [5, 5.41) is 11.0. The zero-order valence-corrected chi connectivity index (χ0v) is 10.2. The molecule has 0 amide bonds. The van der Waals surface area contributed by atoms with Crippen LogP contribution in [0.2, 0.25) is 0 Å². The highest BCUT2D eigenvalue weighted by Gasteiger charge is 2.15. The topological polar surface area (TPSA) is 20.2 Å². The maximum absolute atomic E-state index is 9.76. The minimum absolute atomic E-state index is 0.615. The summed E-state index contributed by atoms with van der Waals surface area (Å²) in [5.41, 5.74) is 0.672. The second-order valence-electron chi connectivity index (χ2n) is 4.74. The lowest BCUT2D eigenvalue weighted by Crippen LogP contribution is -2.20. The third-order valence-corrected chi connectivity index (χ3v) is 3.45. The summed E-state index contributed by atoms with van der Waals surface area (Å²) in [5.74, 6) is 0. The summed E-state index contributed by atoms with van der Waals surface area (Å²) in [6.45, 7) is 5.80. The van der Waals surface area contributed by atoms with Crippen LogP contribution in [-0.4, -0.2) is 10.7 Å². The van der Waals surface area contributed by atoms with Gasteiger partial charge in [0.1, 0.15) is 0 Å². The van der Waals surface area contributed by atoms with Gasteiger partial charge in [-0.25, -0.2) is 0 Å². The average Bonchev–Trinajstić information content (AvgIpc) is 2.42. The van der Waals surface area contributed by atoms with Gasteiger partial charge >= 0.3 is 0 Å². The fourth-order valence-electron chi connectivity index (χ4n) is 1.73. The van der Waals surface area contributed by atoms with E-state index in [4.69, 9.17) is 0 Å². The van der Waals surface area contributed by atoms with Crippen molar-refractivity contribution in [3.05, 3.63) is 34.7 Å². The lowest BCUT2D eigenvalue weighted by Gasteiger charge is -2.14. The Balaban J connectivity index is 2.39. The van der Waals surface area contributed by atoms with E-state index in [1.54, 1.807) is 11.3 Å². The van der Waals surface area contributed by atoms with Gasteiger partial charge in [-0.3, -0.25) is 0 Å². The first kappa shape index (κ1) is 10.7. The molecule has 1 aromatic heterocycles. The zero-order chi connectivity index (χ0) is 11.1. The van der Waals surface area contributed by atoms with Crippen molar-refractivity contribution in [1.82, 2.24) is 0 Å². The third-order valence-electron chi connectivity index (χ3n) is 2.33. The number of benzene rings is 1. The summed E-state index contributed by atoms with van der Waals surface area (Å²) >= 11 is 1.77.